The van der Waals surface area contributed by atoms with Gasteiger partial charge in [0.15, 0.2) is 6.10 Å². The molecule has 0 saturated heterocycles. The number of nitrogens with zero attached hydrogens (tertiary/aromatic N) is 1. The fraction of sp³-hybridized carbons (Fsp3) is 0.176. The number of carbonyl (C=O) groups is 1. The maximum atomic E-state index is 11.9. The molecule has 0 spiro atoms. The SMILES string of the molecule is Cc1cc(Cl)ccc1OC(C)C(=O)N/N=C/c1ccccc1. The highest BCUT2D eigenvalue weighted by Gasteiger charge is 2.15. The first kappa shape index (κ1) is 16.0. The van der Waals surface area contributed by atoms with Gasteiger partial charge in [-0.15, -0.1) is 0 Å². The lowest BCUT2D eigenvalue weighted by Gasteiger charge is -2.14. The molecule has 2 aromatic carbocycles. The number of aryl methyl sites for hydroxylation is 1. The standard InChI is InChI=1S/C17H17ClN2O2/c1-12-10-15(18)8-9-16(12)22-13(2)17(21)20-19-11-14-6-4-3-5-7-14/h3-11,13H,1-2H3,(H,20,21)/b19-11+. The van der Waals surface area contributed by atoms with Crippen LogP contribution in [0.5, 0.6) is 5.75 Å². The molecule has 22 heavy (non-hydrogen) atoms. The minimum Gasteiger partial charge on any atom is -0.481 e. The smallest absolute Gasteiger partial charge is 0.280 e. The van der Waals surface area contributed by atoms with Gasteiger partial charge in [0.05, 0.1) is 6.21 Å². The molecule has 0 aliphatic rings. The van der Waals surface area contributed by atoms with Crippen molar-refractivity contribution in [2.45, 2.75) is 20.0 Å². The molecule has 2 rings (SSSR count). The van der Waals surface area contributed by atoms with Crippen LogP contribution < -0.4 is 10.2 Å². The molecule has 0 saturated carbocycles. The van der Waals surface area contributed by atoms with E-state index in [1.54, 1.807) is 31.3 Å². The molecule has 0 fully saturated rings. The van der Waals surface area contributed by atoms with Crippen molar-refractivity contribution in [2.24, 2.45) is 5.10 Å². The van der Waals surface area contributed by atoms with Crippen LogP contribution in [0.3, 0.4) is 0 Å². The molecule has 2 aromatic rings. The molecule has 0 aliphatic heterocycles. The summed E-state index contributed by atoms with van der Waals surface area (Å²) in [5, 5.41) is 4.55. The number of amides is 1. The van der Waals surface area contributed by atoms with E-state index in [2.05, 4.69) is 10.5 Å². The first-order valence-electron chi connectivity index (χ1n) is 6.87. The third-order valence-electron chi connectivity index (χ3n) is 3.00. The molecular weight excluding hydrogens is 300 g/mol. The molecule has 1 atom stereocenters. The fourth-order valence-electron chi connectivity index (χ4n) is 1.79. The first-order chi connectivity index (χ1) is 10.6. The second-order valence-electron chi connectivity index (χ2n) is 4.81. The monoisotopic (exact) mass is 316 g/mol. The minimum atomic E-state index is -0.659. The van der Waals surface area contributed by atoms with Crippen molar-refractivity contribution in [3.05, 3.63) is 64.7 Å². The number of nitrogens with one attached hydrogen (secondary N) is 1. The summed E-state index contributed by atoms with van der Waals surface area (Å²) in [6.07, 6.45) is 0.922. The molecule has 114 valence electrons. The van der Waals surface area contributed by atoms with Crippen molar-refractivity contribution >= 4 is 23.7 Å². The second kappa shape index (κ2) is 7.61. The summed E-state index contributed by atoms with van der Waals surface area (Å²) in [6.45, 7) is 3.54. The number of rotatable bonds is 5. The zero-order chi connectivity index (χ0) is 15.9. The summed E-state index contributed by atoms with van der Waals surface area (Å²) >= 11 is 5.89. The predicted molar refractivity (Wildman–Crippen MR) is 88.5 cm³/mol. The van der Waals surface area contributed by atoms with Crippen molar-refractivity contribution in [2.75, 3.05) is 0 Å². The summed E-state index contributed by atoms with van der Waals surface area (Å²) in [4.78, 5) is 11.9. The van der Waals surface area contributed by atoms with E-state index in [0.717, 1.165) is 11.1 Å². The Morgan fingerprint density at radius 2 is 2.00 bits per heavy atom. The highest BCUT2D eigenvalue weighted by molar-refractivity contribution is 6.30. The number of hydrogen-bond acceptors (Lipinski definition) is 3. The van der Waals surface area contributed by atoms with Gasteiger partial charge in [0.25, 0.3) is 5.91 Å². The highest BCUT2D eigenvalue weighted by atomic mass is 35.5. The molecule has 4 nitrogen and oxygen atoms in total. The second-order valence-corrected chi connectivity index (χ2v) is 5.25. The number of halogens is 1. The maximum Gasteiger partial charge on any atom is 0.280 e. The molecule has 0 heterocycles. The Bertz CT molecular complexity index is 672. The molecule has 0 aromatic heterocycles. The third kappa shape index (κ3) is 4.60. The minimum absolute atomic E-state index is 0.318. The van der Waals surface area contributed by atoms with Crippen molar-refractivity contribution < 1.29 is 9.53 Å². The van der Waals surface area contributed by atoms with Crippen LogP contribution in [0.2, 0.25) is 5.02 Å². The van der Waals surface area contributed by atoms with Gasteiger partial charge < -0.3 is 4.74 Å². The van der Waals surface area contributed by atoms with Crippen LogP contribution in [0.15, 0.2) is 53.6 Å². The summed E-state index contributed by atoms with van der Waals surface area (Å²) in [5.74, 6) is 0.306. The zero-order valence-electron chi connectivity index (χ0n) is 12.4. The topological polar surface area (TPSA) is 50.7 Å². The lowest BCUT2D eigenvalue weighted by Crippen LogP contribution is -2.33. The van der Waals surface area contributed by atoms with Gasteiger partial charge in [-0.25, -0.2) is 5.43 Å². The van der Waals surface area contributed by atoms with E-state index in [4.69, 9.17) is 16.3 Å². The van der Waals surface area contributed by atoms with Crippen LogP contribution >= 0.6 is 11.6 Å². The van der Waals surface area contributed by atoms with Crippen LogP contribution in [0.25, 0.3) is 0 Å². The van der Waals surface area contributed by atoms with Crippen LogP contribution in [0, 0.1) is 6.92 Å². The van der Waals surface area contributed by atoms with Gasteiger partial charge in [0.2, 0.25) is 0 Å². The quantitative estimate of drug-likeness (QED) is 0.677. The summed E-state index contributed by atoms with van der Waals surface area (Å²) in [6, 6.07) is 14.8. The van der Waals surface area contributed by atoms with Crippen LogP contribution in [0.4, 0.5) is 0 Å². The Kier molecular flexibility index (Phi) is 5.55. The van der Waals surface area contributed by atoms with Gasteiger partial charge in [-0.2, -0.15) is 5.10 Å². The van der Waals surface area contributed by atoms with Gasteiger partial charge in [-0.05, 0) is 43.2 Å². The van der Waals surface area contributed by atoms with Crippen LogP contribution in [-0.2, 0) is 4.79 Å². The molecule has 5 heteroatoms. The Balaban J connectivity index is 1.91. The molecule has 0 aliphatic carbocycles. The number of benzene rings is 2. The van der Waals surface area contributed by atoms with Crippen molar-refractivity contribution in [1.82, 2.24) is 5.43 Å². The van der Waals surface area contributed by atoms with Crippen LogP contribution in [0.1, 0.15) is 18.1 Å². The van der Waals surface area contributed by atoms with E-state index in [1.165, 1.54) is 0 Å². The zero-order valence-corrected chi connectivity index (χ0v) is 13.2. The lowest BCUT2D eigenvalue weighted by molar-refractivity contribution is -0.127. The largest absolute Gasteiger partial charge is 0.481 e. The Morgan fingerprint density at radius 3 is 2.68 bits per heavy atom. The Labute approximate surface area is 134 Å². The summed E-state index contributed by atoms with van der Waals surface area (Å²) < 4.78 is 5.62. The summed E-state index contributed by atoms with van der Waals surface area (Å²) in [5.41, 5.74) is 4.24. The average molecular weight is 317 g/mol. The molecule has 1 N–H and O–H groups in total. The lowest BCUT2D eigenvalue weighted by atomic mass is 10.2. The van der Waals surface area contributed by atoms with E-state index in [1.807, 2.05) is 37.3 Å². The molecule has 1 unspecified atom stereocenters. The van der Waals surface area contributed by atoms with Crippen molar-refractivity contribution in [3.63, 3.8) is 0 Å². The summed E-state index contributed by atoms with van der Waals surface area (Å²) in [7, 11) is 0. The van der Waals surface area contributed by atoms with Gasteiger partial charge in [0.1, 0.15) is 5.75 Å². The molecule has 0 bridgehead atoms. The first-order valence-corrected chi connectivity index (χ1v) is 7.25. The molecular formula is C17H17ClN2O2. The fourth-order valence-corrected chi connectivity index (χ4v) is 2.02. The van der Waals surface area contributed by atoms with E-state index >= 15 is 0 Å². The van der Waals surface area contributed by atoms with Gasteiger partial charge in [-0.3, -0.25) is 4.79 Å². The van der Waals surface area contributed by atoms with Gasteiger partial charge in [-0.1, -0.05) is 41.9 Å². The number of hydrazone groups is 1. The predicted octanol–water partition coefficient (Wildman–Crippen LogP) is 3.57. The molecule has 0 radical (unpaired) electrons. The number of hydrogen-bond donors (Lipinski definition) is 1. The van der Waals surface area contributed by atoms with E-state index in [0.29, 0.717) is 10.8 Å². The number of ether oxygens (including phenoxy) is 1. The Hall–Kier alpha value is -2.33. The van der Waals surface area contributed by atoms with E-state index in [9.17, 15) is 4.79 Å². The molecule has 1 amide bonds. The van der Waals surface area contributed by atoms with Crippen molar-refractivity contribution in [3.8, 4) is 5.75 Å². The average Bonchev–Trinajstić information content (AvgIpc) is 2.51. The third-order valence-corrected chi connectivity index (χ3v) is 3.23. The number of carbonyl (C=O) groups excluding carboxylic acids is 1. The van der Waals surface area contributed by atoms with Crippen molar-refractivity contribution in [1.29, 1.82) is 0 Å². The van der Waals surface area contributed by atoms with Gasteiger partial charge >= 0.3 is 0 Å². The highest BCUT2D eigenvalue weighted by Crippen LogP contribution is 2.22. The van der Waals surface area contributed by atoms with E-state index < -0.39 is 6.10 Å². The maximum absolute atomic E-state index is 11.9. The van der Waals surface area contributed by atoms with Gasteiger partial charge in [0, 0.05) is 5.02 Å². The Morgan fingerprint density at radius 1 is 1.27 bits per heavy atom. The van der Waals surface area contributed by atoms with E-state index in [-0.39, 0.29) is 5.91 Å². The van der Waals surface area contributed by atoms with Crippen LogP contribution in [-0.4, -0.2) is 18.2 Å². The normalized spacial score (nSPS) is 12.1.